The molecule has 0 aliphatic carbocycles. The van der Waals surface area contributed by atoms with Gasteiger partial charge in [0.05, 0.1) is 7.11 Å². The zero-order chi connectivity index (χ0) is 13.8. The molecule has 2 aromatic carbocycles. The van der Waals surface area contributed by atoms with Gasteiger partial charge in [0.2, 0.25) is 5.76 Å². The number of hydrogen-bond donors (Lipinski definition) is 1. The van der Waals surface area contributed by atoms with Crippen LogP contribution in [0, 0.1) is 0 Å². The summed E-state index contributed by atoms with van der Waals surface area (Å²) in [6.07, 6.45) is 0.869. The quantitative estimate of drug-likeness (QED) is 0.397. The highest BCUT2D eigenvalue weighted by atomic mass is 16.5. The third-order valence-corrected chi connectivity index (χ3v) is 2.72. The maximum atomic E-state index is 12.0. The van der Waals surface area contributed by atoms with Crippen LogP contribution in [0.25, 0.3) is 10.8 Å². The topological polar surface area (TPSA) is 63.6 Å². The minimum Gasteiger partial charge on any atom is -0.502 e. The molecular formula is C15H12O4. The van der Waals surface area contributed by atoms with Crippen molar-refractivity contribution < 1.29 is 19.4 Å². The van der Waals surface area contributed by atoms with Crippen molar-refractivity contribution in [3.8, 4) is 0 Å². The molecule has 0 aliphatic rings. The number of rotatable bonds is 3. The van der Waals surface area contributed by atoms with Crippen LogP contribution in [0.4, 0.5) is 0 Å². The summed E-state index contributed by atoms with van der Waals surface area (Å²) in [5.74, 6) is -2.09. The number of carbonyl (C=O) groups is 2. The van der Waals surface area contributed by atoms with Gasteiger partial charge in [-0.05, 0) is 10.8 Å². The van der Waals surface area contributed by atoms with Crippen molar-refractivity contribution in [1.29, 1.82) is 0 Å². The normalized spacial score (nSPS) is 11.3. The van der Waals surface area contributed by atoms with Crippen LogP contribution in [0.15, 0.2) is 54.3 Å². The van der Waals surface area contributed by atoms with E-state index >= 15 is 0 Å². The SMILES string of the molecule is COC(=O)/C(O)=C/C(=O)c1cccc2ccccc12. The number of aliphatic hydroxyl groups excluding tert-OH is 1. The third-order valence-electron chi connectivity index (χ3n) is 2.72. The van der Waals surface area contributed by atoms with E-state index in [2.05, 4.69) is 4.74 Å². The maximum absolute atomic E-state index is 12.0. The Morgan fingerprint density at radius 3 is 2.53 bits per heavy atom. The molecular weight excluding hydrogens is 244 g/mol. The average molecular weight is 256 g/mol. The highest BCUT2D eigenvalue weighted by Crippen LogP contribution is 2.19. The molecule has 0 bridgehead atoms. The number of esters is 1. The second-order valence-corrected chi connectivity index (χ2v) is 3.91. The van der Waals surface area contributed by atoms with Crippen molar-refractivity contribution >= 4 is 22.5 Å². The number of ether oxygens (including phenoxy) is 1. The van der Waals surface area contributed by atoms with Gasteiger partial charge in [-0.3, -0.25) is 4.79 Å². The molecule has 0 atom stereocenters. The molecule has 96 valence electrons. The van der Waals surface area contributed by atoms with Crippen molar-refractivity contribution in [3.63, 3.8) is 0 Å². The van der Waals surface area contributed by atoms with Gasteiger partial charge in [-0.1, -0.05) is 42.5 Å². The number of benzene rings is 2. The zero-order valence-corrected chi connectivity index (χ0v) is 10.3. The largest absolute Gasteiger partial charge is 0.502 e. The van der Waals surface area contributed by atoms with Crippen LogP contribution >= 0.6 is 0 Å². The Balaban J connectivity index is 2.45. The third kappa shape index (κ3) is 2.63. The Morgan fingerprint density at radius 1 is 1.11 bits per heavy atom. The predicted molar refractivity (Wildman–Crippen MR) is 71.0 cm³/mol. The van der Waals surface area contributed by atoms with E-state index in [-0.39, 0.29) is 0 Å². The molecule has 0 spiro atoms. The van der Waals surface area contributed by atoms with Crippen molar-refractivity contribution in [3.05, 3.63) is 59.9 Å². The van der Waals surface area contributed by atoms with E-state index in [1.54, 1.807) is 12.1 Å². The Labute approximate surface area is 109 Å². The van der Waals surface area contributed by atoms with E-state index in [0.717, 1.165) is 24.0 Å². The molecule has 0 saturated heterocycles. The van der Waals surface area contributed by atoms with Gasteiger partial charge in [0, 0.05) is 11.6 Å². The lowest BCUT2D eigenvalue weighted by Crippen LogP contribution is -2.07. The van der Waals surface area contributed by atoms with Crippen LogP contribution < -0.4 is 0 Å². The van der Waals surface area contributed by atoms with E-state index in [9.17, 15) is 14.7 Å². The molecule has 0 radical (unpaired) electrons. The first-order chi connectivity index (χ1) is 9.13. The predicted octanol–water partition coefficient (Wildman–Crippen LogP) is 2.64. The maximum Gasteiger partial charge on any atom is 0.373 e. The number of aliphatic hydroxyl groups is 1. The van der Waals surface area contributed by atoms with Crippen molar-refractivity contribution in [2.45, 2.75) is 0 Å². The van der Waals surface area contributed by atoms with Crippen LogP contribution in [0.5, 0.6) is 0 Å². The minimum absolute atomic E-state index is 0.425. The Bertz CT molecular complexity index is 665. The Kier molecular flexibility index (Phi) is 3.61. The summed E-state index contributed by atoms with van der Waals surface area (Å²) in [5, 5.41) is 11.1. The van der Waals surface area contributed by atoms with Crippen molar-refractivity contribution in [2.24, 2.45) is 0 Å². The smallest absolute Gasteiger partial charge is 0.373 e. The summed E-state index contributed by atoms with van der Waals surface area (Å²) in [6.45, 7) is 0. The van der Waals surface area contributed by atoms with E-state index in [1.165, 1.54) is 0 Å². The van der Waals surface area contributed by atoms with Gasteiger partial charge >= 0.3 is 5.97 Å². The molecule has 19 heavy (non-hydrogen) atoms. The first kappa shape index (κ1) is 12.8. The Morgan fingerprint density at radius 2 is 1.79 bits per heavy atom. The summed E-state index contributed by atoms with van der Waals surface area (Å²) in [6, 6.07) is 12.7. The number of carbonyl (C=O) groups excluding carboxylic acids is 2. The van der Waals surface area contributed by atoms with Crippen LogP contribution in [0.3, 0.4) is 0 Å². The standard InChI is InChI=1S/C15H12O4/c1-19-15(18)14(17)9-13(16)12-8-4-6-10-5-2-3-7-11(10)12/h2-9,17H,1H3/b14-9-. The van der Waals surface area contributed by atoms with Gasteiger partial charge in [-0.2, -0.15) is 0 Å². The molecule has 1 N–H and O–H groups in total. The second-order valence-electron chi connectivity index (χ2n) is 3.91. The molecule has 0 aliphatic heterocycles. The van der Waals surface area contributed by atoms with Crippen LogP contribution in [-0.2, 0) is 9.53 Å². The van der Waals surface area contributed by atoms with E-state index in [0.29, 0.717) is 5.56 Å². The number of ketones is 1. The van der Waals surface area contributed by atoms with Gasteiger partial charge in [0.25, 0.3) is 0 Å². The van der Waals surface area contributed by atoms with Crippen molar-refractivity contribution in [1.82, 2.24) is 0 Å². The summed E-state index contributed by atoms with van der Waals surface area (Å²) in [4.78, 5) is 23.1. The first-order valence-corrected chi connectivity index (χ1v) is 5.64. The number of methoxy groups -OCH3 is 1. The van der Waals surface area contributed by atoms with Crippen molar-refractivity contribution in [2.75, 3.05) is 7.11 Å². The van der Waals surface area contributed by atoms with Gasteiger partial charge in [-0.25, -0.2) is 4.79 Å². The zero-order valence-electron chi connectivity index (χ0n) is 10.3. The summed E-state index contributed by atoms with van der Waals surface area (Å²) < 4.78 is 4.33. The second kappa shape index (κ2) is 5.35. The van der Waals surface area contributed by atoms with Gasteiger partial charge < -0.3 is 9.84 Å². The molecule has 0 heterocycles. The van der Waals surface area contributed by atoms with Crippen LogP contribution in [0.2, 0.25) is 0 Å². The molecule has 0 fully saturated rings. The molecule has 2 rings (SSSR count). The molecule has 0 aromatic heterocycles. The fourth-order valence-electron chi connectivity index (χ4n) is 1.81. The monoisotopic (exact) mass is 256 g/mol. The molecule has 0 saturated carbocycles. The van der Waals surface area contributed by atoms with E-state index in [4.69, 9.17) is 0 Å². The molecule has 4 heteroatoms. The highest BCUT2D eigenvalue weighted by Gasteiger charge is 2.12. The molecule has 0 amide bonds. The average Bonchev–Trinajstić information content (AvgIpc) is 2.45. The lowest BCUT2D eigenvalue weighted by atomic mass is 10.0. The van der Waals surface area contributed by atoms with Crippen LogP contribution in [0.1, 0.15) is 10.4 Å². The fourth-order valence-corrected chi connectivity index (χ4v) is 1.81. The molecule has 0 unspecified atom stereocenters. The Hall–Kier alpha value is -2.62. The number of hydrogen-bond acceptors (Lipinski definition) is 4. The lowest BCUT2D eigenvalue weighted by Gasteiger charge is -2.03. The van der Waals surface area contributed by atoms with Gasteiger partial charge in [-0.15, -0.1) is 0 Å². The van der Waals surface area contributed by atoms with Gasteiger partial charge in [0.1, 0.15) is 0 Å². The number of allylic oxidation sites excluding steroid dienone is 1. The summed E-state index contributed by atoms with van der Waals surface area (Å²) in [7, 11) is 1.13. The summed E-state index contributed by atoms with van der Waals surface area (Å²) in [5.41, 5.74) is 0.425. The van der Waals surface area contributed by atoms with Gasteiger partial charge in [0.15, 0.2) is 5.78 Å². The summed E-state index contributed by atoms with van der Waals surface area (Å²) >= 11 is 0. The number of fused-ring (bicyclic) bond motifs is 1. The van der Waals surface area contributed by atoms with E-state index in [1.807, 2.05) is 30.3 Å². The van der Waals surface area contributed by atoms with E-state index < -0.39 is 17.5 Å². The van der Waals surface area contributed by atoms with Crippen LogP contribution in [-0.4, -0.2) is 24.0 Å². The minimum atomic E-state index is -0.936. The lowest BCUT2D eigenvalue weighted by molar-refractivity contribution is -0.139. The fraction of sp³-hybridized carbons (Fsp3) is 0.0667. The molecule has 4 nitrogen and oxygen atoms in total. The molecule has 2 aromatic rings. The first-order valence-electron chi connectivity index (χ1n) is 5.64. The highest BCUT2D eigenvalue weighted by molar-refractivity contribution is 6.15.